The van der Waals surface area contributed by atoms with Gasteiger partial charge in [-0.05, 0) is 63.7 Å². The van der Waals surface area contributed by atoms with Gasteiger partial charge in [-0.15, -0.1) is 0 Å². The van der Waals surface area contributed by atoms with E-state index in [0.29, 0.717) is 0 Å². The summed E-state index contributed by atoms with van der Waals surface area (Å²) in [7, 11) is 0. The van der Waals surface area contributed by atoms with Crippen LogP contribution in [0.5, 0.6) is 5.75 Å². The number of phenolic OH excluding ortho intramolecular Hbond substituents is 1. The predicted molar refractivity (Wildman–Crippen MR) is 92.5 cm³/mol. The van der Waals surface area contributed by atoms with Crippen LogP contribution in [0.2, 0.25) is 0 Å². The third kappa shape index (κ3) is 3.30. The van der Waals surface area contributed by atoms with Crippen LogP contribution >= 0.6 is 31.9 Å². The van der Waals surface area contributed by atoms with E-state index in [1.807, 2.05) is 13.8 Å². The Balaban J connectivity index is 0.000000774. The van der Waals surface area contributed by atoms with Gasteiger partial charge in [0.05, 0.1) is 11.7 Å². The maximum atomic E-state index is 9.71. The summed E-state index contributed by atoms with van der Waals surface area (Å²) in [4.78, 5) is 4.47. The third-order valence-electron chi connectivity index (χ3n) is 3.44. The van der Waals surface area contributed by atoms with Gasteiger partial charge in [-0.2, -0.15) is 0 Å². The van der Waals surface area contributed by atoms with Gasteiger partial charge in [-0.25, -0.2) is 0 Å². The number of halogens is 2. The van der Waals surface area contributed by atoms with Gasteiger partial charge >= 0.3 is 0 Å². The lowest BCUT2D eigenvalue weighted by molar-refractivity contribution is 0.473. The number of nitrogens with two attached hydrogens (primary N) is 1. The molecule has 1 aromatic carbocycles. The van der Waals surface area contributed by atoms with Gasteiger partial charge in [0.15, 0.2) is 0 Å². The topological polar surface area (TPSA) is 59.1 Å². The fourth-order valence-electron chi connectivity index (χ4n) is 2.59. The standard InChI is InChI=1S/C14H12Br2N2O.C2H6/c15-9-3-8-2-1-7-4-10(19)5-11(16)12(7)13(17)14(8)18-6-9;1-2/h3-6,13,19H,1-2,17H2;1-2H3. The molecule has 3 rings (SSSR count). The number of aromatic hydroxyl groups is 1. The number of phenols is 1. The lowest BCUT2D eigenvalue weighted by atomic mass is 9.99. The van der Waals surface area contributed by atoms with Crippen LogP contribution in [-0.2, 0) is 12.8 Å². The van der Waals surface area contributed by atoms with Gasteiger partial charge in [0.25, 0.3) is 0 Å². The SMILES string of the molecule is CC.NC1c2ncc(Br)cc2CCc2cc(O)cc(Br)c21. The second kappa shape index (κ2) is 6.90. The molecule has 1 unspecified atom stereocenters. The summed E-state index contributed by atoms with van der Waals surface area (Å²) in [6.07, 6.45) is 3.50. The highest BCUT2D eigenvalue weighted by Crippen LogP contribution is 2.37. The Morgan fingerprint density at radius 3 is 2.52 bits per heavy atom. The monoisotopic (exact) mass is 412 g/mol. The first-order chi connectivity index (χ1) is 10.1. The summed E-state index contributed by atoms with van der Waals surface area (Å²) in [6.45, 7) is 4.00. The van der Waals surface area contributed by atoms with E-state index < -0.39 is 0 Å². The van der Waals surface area contributed by atoms with Crippen molar-refractivity contribution in [2.45, 2.75) is 32.7 Å². The van der Waals surface area contributed by atoms with Crippen LogP contribution in [0.1, 0.15) is 42.3 Å². The van der Waals surface area contributed by atoms with E-state index in [2.05, 4.69) is 42.9 Å². The molecular formula is C16H18Br2N2O. The van der Waals surface area contributed by atoms with Crippen LogP contribution in [0.25, 0.3) is 0 Å². The zero-order valence-electron chi connectivity index (χ0n) is 12.0. The first-order valence-electron chi connectivity index (χ1n) is 6.97. The molecule has 3 N–H and O–H groups in total. The molecule has 1 atom stereocenters. The van der Waals surface area contributed by atoms with Gasteiger partial charge in [0.2, 0.25) is 0 Å². The summed E-state index contributed by atoms with van der Waals surface area (Å²) in [5, 5.41) is 9.71. The molecule has 5 heteroatoms. The summed E-state index contributed by atoms with van der Waals surface area (Å²) in [5.74, 6) is 0.262. The van der Waals surface area contributed by atoms with Crippen LogP contribution < -0.4 is 5.73 Å². The van der Waals surface area contributed by atoms with Crippen LogP contribution in [0.15, 0.2) is 33.3 Å². The van der Waals surface area contributed by atoms with E-state index in [9.17, 15) is 5.11 Å². The highest BCUT2D eigenvalue weighted by Gasteiger charge is 2.24. The molecule has 0 bridgehead atoms. The normalized spacial score (nSPS) is 16.1. The smallest absolute Gasteiger partial charge is 0.117 e. The number of aromatic nitrogens is 1. The number of rotatable bonds is 0. The number of hydrogen-bond acceptors (Lipinski definition) is 3. The molecule has 1 aliphatic carbocycles. The van der Waals surface area contributed by atoms with E-state index in [-0.39, 0.29) is 11.8 Å². The summed E-state index contributed by atoms with van der Waals surface area (Å²) in [5.41, 5.74) is 10.5. The molecule has 1 aromatic heterocycles. The Bertz CT molecular complexity index is 659. The van der Waals surface area contributed by atoms with Gasteiger partial charge in [0, 0.05) is 15.1 Å². The molecule has 112 valence electrons. The second-order valence-electron chi connectivity index (χ2n) is 4.68. The fraction of sp³-hybridized carbons (Fsp3) is 0.312. The van der Waals surface area contributed by atoms with Crippen molar-refractivity contribution in [3.05, 3.63) is 55.7 Å². The van der Waals surface area contributed by atoms with E-state index >= 15 is 0 Å². The minimum Gasteiger partial charge on any atom is -0.508 e. The van der Waals surface area contributed by atoms with Gasteiger partial charge < -0.3 is 10.8 Å². The number of benzene rings is 1. The van der Waals surface area contributed by atoms with Crippen molar-refractivity contribution in [3.63, 3.8) is 0 Å². The average Bonchev–Trinajstić information content (AvgIpc) is 2.58. The Hall–Kier alpha value is -0.910. The van der Waals surface area contributed by atoms with E-state index in [1.165, 1.54) is 0 Å². The maximum absolute atomic E-state index is 9.71. The van der Waals surface area contributed by atoms with Gasteiger partial charge in [0.1, 0.15) is 5.75 Å². The Labute approximate surface area is 141 Å². The predicted octanol–water partition coefficient (Wildman–Crippen LogP) is 4.49. The third-order valence-corrected chi connectivity index (χ3v) is 4.53. The highest BCUT2D eigenvalue weighted by molar-refractivity contribution is 9.10. The van der Waals surface area contributed by atoms with E-state index in [4.69, 9.17) is 5.73 Å². The molecule has 0 spiro atoms. The molecule has 1 heterocycles. The second-order valence-corrected chi connectivity index (χ2v) is 6.45. The molecule has 0 saturated heterocycles. The van der Waals surface area contributed by atoms with Crippen molar-refractivity contribution in [2.24, 2.45) is 5.73 Å². The van der Waals surface area contributed by atoms with Crippen molar-refractivity contribution < 1.29 is 5.11 Å². The van der Waals surface area contributed by atoms with Crippen LogP contribution in [-0.4, -0.2) is 10.1 Å². The van der Waals surface area contributed by atoms with Gasteiger partial charge in [-0.3, -0.25) is 4.98 Å². The number of pyridine rings is 1. The number of hydrogen-bond donors (Lipinski definition) is 2. The molecule has 0 radical (unpaired) electrons. The van der Waals surface area contributed by atoms with E-state index in [1.54, 1.807) is 18.3 Å². The number of aryl methyl sites for hydroxylation is 2. The van der Waals surface area contributed by atoms with Crippen LogP contribution in [0.3, 0.4) is 0 Å². The van der Waals surface area contributed by atoms with Crippen molar-refractivity contribution in [2.75, 3.05) is 0 Å². The summed E-state index contributed by atoms with van der Waals surface area (Å²) >= 11 is 6.94. The number of fused-ring (bicyclic) bond motifs is 2. The molecule has 2 aromatic rings. The van der Waals surface area contributed by atoms with E-state index in [0.717, 1.165) is 44.2 Å². The summed E-state index contributed by atoms with van der Waals surface area (Å²) < 4.78 is 1.80. The molecule has 21 heavy (non-hydrogen) atoms. The molecule has 0 aliphatic heterocycles. The quantitative estimate of drug-likeness (QED) is 0.669. The Morgan fingerprint density at radius 2 is 1.81 bits per heavy atom. The average molecular weight is 414 g/mol. The first kappa shape index (κ1) is 16.5. The lowest BCUT2D eigenvalue weighted by Gasteiger charge is -2.16. The van der Waals surface area contributed by atoms with Gasteiger partial charge in [-0.1, -0.05) is 29.8 Å². The molecule has 1 aliphatic rings. The zero-order valence-corrected chi connectivity index (χ0v) is 15.2. The van der Waals surface area contributed by atoms with Crippen molar-refractivity contribution in [3.8, 4) is 5.75 Å². The lowest BCUT2D eigenvalue weighted by Crippen LogP contribution is -2.16. The Morgan fingerprint density at radius 1 is 1.14 bits per heavy atom. The molecular weight excluding hydrogens is 396 g/mol. The fourth-order valence-corrected chi connectivity index (χ4v) is 3.71. The van der Waals surface area contributed by atoms with Crippen LogP contribution in [0, 0.1) is 0 Å². The number of nitrogens with zero attached hydrogens (tertiary/aromatic N) is 1. The molecule has 0 fully saturated rings. The maximum Gasteiger partial charge on any atom is 0.117 e. The zero-order chi connectivity index (χ0) is 15.6. The summed E-state index contributed by atoms with van der Waals surface area (Å²) in [6, 6.07) is 5.28. The Kier molecular flexibility index (Phi) is 5.41. The first-order valence-corrected chi connectivity index (χ1v) is 8.56. The molecule has 3 nitrogen and oxygen atoms in total. The largest absolute Gasteiger partial charge is 0.508 e. The minimum atomic E-state index is -0.268. The van der Waals surface area contributed by atoms with Crippen molar-refractivity contribution >= 4 is 31.9 Å². The molecule has 0 amide bonds. The van der Waals surface area contributed by atoms with Crippen molar-refractivity contribution in [1.82, 2.24) is 4.98 Å². The molecule has 0 saturated carbocycles. The van der Waals surface area contributed by atoms with Crippen molar-refractivity contribution in [1.29, 1.82) is 0 Å². The minimum absolute atomic E-state index is 0.262. The van der Waals surface area contributed by atoms with Crippen LogP contribution in [0.4, 0.5) is 0 Å². The highest BCUT2D eigenvalue weighted by atomic mass is 79.9.